The van der Waals surface area contributed by atoms with Crippen LogP contribution in [0.4, 0.5) is 5.69 Å². The number of sulfonamides is 1. The standard InChI is InChI=1S/C16H14N6O2S2/c23-26(24,15-5-4-14(25-15)11-6-8-17-9-7-11)20-13-3-1-2-12(10-13)16-18-21-22-19-16/h1-4,6-10,15,20H,5H2,(H,18,19,21,22). The molecule has 2 aromatic heterocycles. The lowest BCUT2D eigenvalue weighted by molar-refractivity contribution is 0.598. The molecule has 1 aliphatic rings. The highest BCUT2D eigenvalue weighted by molar-refractivity contribution is 8.19. The number of rotatable bonds is 5. The zero-order chi connectivity index (χ0) is 18.0. The quantitative estimate of drug-likeness (QED) is 0.692. The molecule has 4 rings (SSSR count). The smallest absolute Gasteiger partial charge is 0.245 e. The first kappa shape index (κ1) is 16.7. The molecule has 0 saturated heterocycles. The number of pyridine rings is 1. The van der Waals surface area contributed by atoms with E-state index in [9.17, 15) is 8.42 Å². The SMILES string of the molecule is O=S(=O)(Nc1cccc(-c2nnn[nH]2)c1)C1CC=C(c2ccncc2)S1. The fourth-order valence-corrected chi connectivity index (χ4v) is 5.41. The van der Waals surface area contributed by atoms with E-state index in [0.29, 0.717) is 23.5 Å². The van der Waals surface area contributed by atoms with E-state index < -0.39 is 14.6 Å². The van der Waals surface area contributed by atoms with Crippen LogP contribution >= 0.6 is 11.8 Å². The molecular weight excluding hydrogens is 372 g/mol. The minimum Gasteiger partial charge on any atom is -0.283 e. The average molecular weight is 386 g/mol. The van der Waals surface area contributed by atoms with Gasteiger partial charge in [0.25, 0.3) is 0 Å². The number of allylic oxidation sites excluding steroid dienone is 1. The van der Waals surface area contributed by atoms with Gasteiger partial charge in [0.15, 0.2) is 5.82 Å². The largest absolute Gasteiger partial charge is 0.283 e. The molecule has 3 heterocycles. The van der Waals surface area contributed by atoms with Crippen LogP contribution in [-0.2, 0) is 10.0 Å². The van der Waals surface area contributed by atoms with Crippen molar-refractivity contribution in [3.8, 4) is 11.4 Å². The maximum absolute atomic E-state index is 12.8. The number of anilines is 1. The summed E-state index contributed by atoms with van der Waals surface area (Å²) in [6, 6.07) is 10.7. The van der Waals surface area contributed by atoms with Crippen molar-refractivity contribution in [1.82, 2.24) is 25.6 Å². The molecule has 3 aromatic rings. The number of nitrogens with zero attached hydrogens (tertiary/aromatic N) is 4. The van der Waals surface area contributed by atoms with Crippen LogP contribution in [0.15, 0.2) is 54.9 Å². The number of benzene rings is 1. The van der Waals surface area contributed by atoms with Crippen molar-refractivity contribution in [2.45, 2.75) is 11.0 Å². The van der Waals surface area contributed by atoms with Gasteiger partial charge in [-0.2, -0.15) is 0 Å². The average Bonchev–Trinajstić information content (AvgIpc) is 3.35. The van der Waals surface area contributed by atoms with Crippen molar-refractivity contribution in [1.29, 1.82) is 0 Å². The summed E-state index contributed by atoms with van der Waals surface area (Å²) in [4.78, 5) is 4.93. The summed E-state index contributed by atoms with van der Waals surface area (Å²) in [5, 5.41) is 13.5. The number of aromatic amines is 1. The van der Waals surface area contributed by atoms with Crippen molar-refractivity contribution in [2.24, 2.45) is 0 Å². The molecule has 0 spiro atoms. The van der Waals surface area contributed by atoms with Gasteiger partial charge in [-0.25, -0.2) is 13.5 Å². The van der Waals surface area contributed by atoms with E-state index in [0.717, 1.165) is 10.5 Å². The molecule has 0 bridgehead atoms. The molecule has 0 fully saturated rings. The highest BCUT2D eigenvalue weighted by Gasteiger charge is 2.31. The summed E-state index contributed by atoms with van der Waals surface area (Å²) in [5.41, 5.74) is 2.14. The monoisotopic (exact) mass is 386 g/mol. The van der Waals surface area contributed by atoms with Gasteiger partial charge in [0, 0.05) is 28.5 Å². The summed E-state index contributed by atoms with van der Waals surface area (Å²) < 4.78 is 27.6. The van der Waals surface area contributed by atoms with Gasteiger partial charge in [-0.15, -0.1) is 16.9 Å². The van der Waals surface area contributed by atoms with Gasteiger partial charge in [0.1, 0.15) is 4.58 Å². The van der Waals surface area contributed by atoms with E-state index in [1.807, 2.05) is 18.2 Å². The molecule has 0 amide bonds. The van der Waals surface area contributed by atoms with E-state index >= 15 is 0 Å². The maximum atomic E-state index is 12.8. The molecule has 0 saturated carbocycles. The first-order valence-electron chi connectivity index (χ1n) is 7.75. The van der Waals surface area contributed by atoms with E-state index in [1.54, 1.807) is 36.7 Å². The number of hydrogen-bond donors (Lipinski definition) is 2. The number of hydrogen-bond acceptors (Lipinski definition) is 7. The number of aromatic nitrogens is 5. The second-order valence-electron chi connectivity index (χ2n) is 5.57. The van der Waals surface area contributed by atoms with Crippen molar-refractivity contribution < 1.29 is 8.42 Å². The van der Waals surface area contributed by atoms with Crippen molar-refractivity contribution in [3.05, 3.63) is 60.4 Å². The summed E-state index contributed by atoms with van der Waals surface area (Å²) >= 11 is 1.34. The predicted molar refractivity (Wildman–Crippen MR) is 100 cm³/mol. The van der Waals surface area contributed by atoms with Crippen LogP contribution < -0.4 is 4.72 Å². The minimum atomic E-state index is -3.56. The molecule has 1 unspecified atom stereocenters. The molecular formula is C16H14N6O2S2. The van der Waals surface area contributed by atoms with Crippen molar-refractivity contribution in [2.75, 3.05) is 4.72 Å². The fourth-order valence-electron chi connectivity index (χ4n) is 2.57. The molecule has 8 nitrogen and oxygen atoms in total. The topological polar surface area (TPSA) is 114 Å². The highest BCUT2D eigenvalue weighted by Crippen LogP contribution is 2.41. The van der Waals surface area contributed by atoms with Gasteiger partial charge >= 0.3 is 0 Å². The van der Waals surface area contributed by atoms with Gasteiger partial charge in [-0.1, -0.05) is 18.2 Å². The van der Waals surface area contributed by atoms with Gasteiger partial charge < -0.3 is 0 Å². The Labute approximate surface area is 154 Å². The number of tetrazole rings is 1. The molecule has 26 heavy (non-hydrogen) atoms. The Morgan fingerprint density at radius 2 is 2.00 bits per heavy atom. The number of H-pyrrole nitrogens is 1. The molecule has 132 valence electrons. The number of nitrogens with one attached hydrogen (secondary N) is 2. The molecule has 10 heteroatoms. The Balaban J connectivity index is 1.50. The van der Waals surface area contributed by atoms with E-state index in [-0.39, 0.29) is 0 Å². The third-order valence-corrected chi connectivity index (χ3v) is 7.37. The minimum absolute atomic E-state index is 0.448. The maximum Gasteiger partial charge on any atom is 0.245 e. The van der Waals surface area contributed by atoms with Crippen molar-refractivity contribution in [3.63, 3.8) is 0 Å². The van der Waals surface area contributed by atoms with Gasteiger partial charge in [0.2, 0.25) is 10.0 Å². The third-order valence-electron chi connectivity index (χ3n) is 3.81. The fraction of sp³-hybridized carbons (Fsp3) is 0.125. The Morgan fingerprint density at radius 1 is 1.15 bits per heavy atom. The Bertz CT molecular complexity index is 1040. The third kappa shape index (κ3) is 3.46. The van der Waals surface area contributed by atoms with Crippen LogP contribution in [0.1, 0.15) is 12.0 Å². The molecule has 1 aromatic carbocycles. The summed E-state index contributed by atoms with van der Waals surface area (Å²) in [5.74, 6) is 0.475. The lowest BCUT2D eigenvalue weighted by Crippen LogP contribution is -2.23. The first-order chi connectivity index (χ1) is 12.6. The Morgan fingerprint density at radius 3 is 2.77 bits per heavy atom. The van der Waals surface area contributed by atoms with Crippen LogP contribution in [0.25, 0.3) is 16.3 Å². The molecule has 0 aliphatic carbocycles. The summed E-state index contributed by atoms with van der Waals surface area (Å²) in [6.07, 6.45) is 5.78. The van der Waals surface area contributed by atoms with Gasteiger partial charge in [-0.3, -0.25) is 9.71 Å². The zero-order valence-electron chi connectivity index (χ0n) is 13.4. The summed E-state index contributed by atoms with van der Waals surface area (Å²) in [6.45, 7) is 0. The van der Waals surface area contributed by atoms with Crippen LogP contribution in [0.3, 0.4) is 0 Å². The number of thioether (sulfide) groups is 1. The second-order valence-corrected chi connectivity index (χ2v) is 8.97. The molecule has 2 N–H and O–H groups in total. The lowest BCUT2D eigenvalue weighted by Gasteiger charge is -2.14. The second kappa shape index (κ2) is 6.89. The summed E-state index contributed by atoms with van der Waals surface area (Å²) in [7, 11) is -3.56. The molecule has 1 aliphatic heterocycles. The molecule has 0 radical (unpaired) electrons. The van der Waals surface area contributed by atoms with Gasteiger partial charge in [0.05, 0.1) is 0 Å². The first-order valence-corrected chi connectivity index (χ1v) is 10.2. The Kier molecular flexibility index (Phi) is 4.43. The van der Waals surface area contributed by atoms with Gasteiger partial charge in [-0.05, 0) is 46.7 Å². The van der Waals surface area contributed by atoms with Crippen LogP contribution in [0.2, 0.25) is 0 Å². The van der Waals surface area contributed by atoms with Crippen LogP contribution in [0, 0.1) is 0 Å². The highest BCUT2D eigenvalue weighted by atomic mass is 32.3. The van der Waals surface area contributed by atoms with Crippen molar-refractivity contribution >= 4 is 32.4 Å². The van der Waals surface area contributed by atoms with E-state index in [2.05, 4.69) is 30.3 Å². The van der Waals surface area contributed by atoms with Crippen LogP contribution in [0.5, 0.6) is 0 Å². The zero-order valence-corrected chi connectivity index (χ0v) is 15.0. The predicted octanol–water partition coefficient (Wildman–Crippen LogP) is 2.51. The Hall–Kier alpha value is -2.72. The normalized spacial score (nSPS) is 17.1. The van der Waals surface area contributed by atoms with E-state index in [4.69, 9.17) is 0 Å². The lowest BCUT2D eigenvalue weighted by atomic mass is 10.2. The van der Waals surface area contributed by atoms with E-state index in [1.165, 1.54) is 11.8 Å². The van der Waals surface area contributed by atoms with Crippen LogP contribution in [-0.4, -0.2) is 38.6 Å². The molecule has 1 atom stereocenters.